The zero-order chi connectivity index (χ0) is 22.9. The first-order valence-electron chi connectivity index (χ1n) is 11.8. The molecule has 4 heterocycles. The molecule has 172 valence electrons. The van der Waals surface area contributed by atoms with E-state index in [1.165, 1.54) is 11.1 Å². The Hall–Kier alpha value is -3.13. The highest BCUT2D eigenvalue weighted by Gasteiger charge is 2.39. The van der Waals surface area contributed by atoms with Crippen LogP contribution >= 0.6 is 0 Å². The number of amides is 3. The molecule has 3 amide bonds. The van der Waals surface area contributed by atoms with Gasteiger partial charge in [0.25, 0.3) is 5.91 Å². The van der Waals surface area contributed by atoms with Crippen LogP contribution in [0.3, 0.4) is 0 Å². The van der Waals surface area contributed by atoms with Gasteiger partial charge in [-0.15, -0.1) is 0 Å². The van der Waals surface area contributed by atoms with Crippen molar-refractivity contribution < 1.29 is 14.4 Å². The molecule has 8 heteroatoms. The maximum Gasteiger partial charge on any atom is 0.255 e. The summed E-state index contributed by atoms with van der Waals surface area (Å²) in [5.74, 6) is 0.601. The van der Waals surface area contributed by atoms with Gasteiger partial charge in [0.15, 0.2) is 0 Å². The summed E-state index contributed by atoms with van der Waals surface area (Å²) in [6.45, 7) is 5.34. The lowest BCUT2D eigenvalue weighted by Crippen LogP contribution is -2.52. The van der Waals surface area contributed by atoms with Gasteiger partial charge >= 0.3 is 0 Å². The number of fused-ring (bicyclic) bond motifs is 1. The average Bonchev–Trinajstić information content (AvgIpc) is 3.15. The topological polar surface area (TPSA) is 95.5 Å². The summed E-state index contributed by atoms with van der Waals surface area (Å²) in [5, 5.41) is 2.35. The zero-order valence-electron chi connectivity index (χ0n) is 18.9. The molecule has 3 aliphatic rings. The highest BCUT2D eigenvalue weighted by atomic mass is 16.2. The van der Waals surface area contributed by atoms with E-state index < -0.39 is 6.04 Å². The van der Waals surface area contributed by atoms with Crippen LogP contribution in [-0.4, -0.2) is 56.6 Å². The fourth-order valence-corrected chi connectivity index (χ4v) is 5.09. The normalized spacial score (nSPS) is 21.9. The van der Waals surface area contributed by atoms with E-state index in [0.717, 1.165) is 50.3 Å². The molecule has 0 spiro atoms. The van der Waals surface area contributed by atoms with Crippen molar-refractivity contribution in [2.24, 2.45) is 0 Å². The van der Waals surface area contributed by atoms with Crippen molar-refractivity contribution in [3.8, 4) is 0 Å². The van der Waals surface area contributed by atoms with E-state index >= 15 is 0 Å². The van der Waals surface area contributed by atoms with Gasteiger partial charge in [0.2, 0.25) is 11.8 Å². The Balaban J connectivity index is 1.19. The molecule has 2 aromatic rings. The molecule has 0 aliphatic carbocycles. The summed E-state index contributed by atoms with van der Waals surface area (Å²) in [6, 6.07) is 5.43. The number of rotatable bonds is 5. The average molecular weight is 448 g/mol. The minimum Gasteiger partial charge on any atom is -0.322 e. The Morgan fingerprint density at radius 3 is 2.48 bits per heavy atom. The standard InChI is InChI=1S/C25H29N5O3/c1-2-16-12-26-23(27-13-16)18-7-9-29(10-8-18)14-17-3-4-20-19(11-17)15-30(25(20)33)21-5-6-22(31)28-24(21)32/h3-4,11-13,18,21H,2,5-10,14-15H2,1H3,(H,28,31,32). The van der Waals surface area contributed by atoms with Crippen molar-refractivity contribution in [1.82, 2.24) is 25.1 Å². The predicted octanol–water partition coefficient (Wildman–Crippen LogP) is 2.18. The summed E-state index contributed by atoms with van der Waals surface area (Å²) < 4.78 is 0. The van der Waals surface area contributed by atoms with Crippen molar-refractivity contribution in [3.05, 3.63) is 58.7 Å². The van der Waals surface area contributed by atoms with Gasteiger partial charge in [-0.1, -0.05) is 19.1 Å². The van der Waals surface area contributed by atoms with E-state index in [9.17, 15) is 14.4 Å². The Morgan fingerprint density at radius 2 is 1.79 bits per heavy atom. The Morgan fingerprint density at radius 1 is 1.03 bits per heavy atom. The Labute approximate surface area is 193 Å². The molecule has 1 unspecified atom stereocenters. The lowest BCUT2D eigenvalue weighted by Gasteiger charge is -2.31. The minimum absolute atomic E-state index is 0.124. The van der Waals surface area contributed by atoms with E-state index in [1.807, 2.05) is 24.5 Å². The molecule has 2 saturated heterocycles. The number of nitrogens with zero attached hydrogens (tertiary/aromatic N) is 4. The predicted molar refractivity (Wildman–Crippen MR) is 121 cm³/mol. The van der Waals surface area contributed by atoms with E-state index in [0.29, 0.717) is 24.4 Å². The van der Waals surface area contributed by atoms with Crippen molar-refractivity contribution in [1.29, 1.82) is 0 Å². The molecular formula is C25H29N5O3. The second-order valence-corrected chi connectivity index (χ2v) is 9.24. The quantitative estimate of drug-likeness (QED) is 0.706. The number of carbonyl (C=O) groups is 3. The van der Waals surface area contributed by atoms with Crippen LogP contribution in [0.4, 0.5) is 0 Å². The van der Waals surface area contributed by atoms with Crippen molar-refractivity contribution >= 4 is 17.7 Å². The van der Waals surface area contributed by atoms with Crippen LogP contribution in [0, 0.1) is 0 Å². The fraction of sp³-hybridized carbons (Fsp3) is 0.480. The molecule has 0 bridgehead atoms. The van der Waals surface area contributed by atoms with E-state index in [1.54, 1.807) is 4.90 Å². The summed E-state index contributed by atoms with van der Waals surface area (Å²) in [5.41, 5.74) is 3.97. The smallest absolute Gasteiger partial charge is 0.255 e. The van der Waals surface area contributed by atoms with Crippen molar-refractivity contribution in [2.45, 2.75) is 64.1 Å². The number of benzene rings is 1. The van der Waals surface area contributed by atoms with Crippen LogP contribution in [0.5, 0.6) is 0 Å². The second-order valence-electron chi connectivity index (χ2n) is 9.24. The number of imide groups is 1. The van der Waals surface area contributed by atoms with E-state index in [4.69, 9.17) is 0 Å². The van der Waals surface area contributed by atoms with Crippen LogP contribution in [0.1, 0.15) is 71.4 Å². The monoisotopic (exact) mass is 447 g/mol. The van der Waals surface area contributed by atoms with Crippen molar-refractivity contribution in [3.63, 3.8) is 0 Å². The molecule has 1 N–H and O–H groups in total. The number of hydrogen-bond acceptors (Lipinski definition) is 6. The van der Waals surface area contributed by atoms with Gasteiger partial charge in [0, 0.05) is 43.4 Å². The van der Waals surface area contributed by atoms with Crippen molar-refractivity contribution in [2.75, 3.05) is 13.1 Å². The number of hydrogen-bond donors (Lipinski definition) is 1. The molecule has 2 fully saturated rings. The molecule has 1 aromatic carbocycles. The van der Waals surface area contributed by atoms with Crippen LogP contribution in [0.25, 0.3) is 0 Å². The van der Waals surface area contributed by atoms with Crippen LogP contribution in [0.2, 0.25) is 0 Å². The number of nitrogens with one attached hydrogen (secondary N) is 1. The molecule has 0 saturated carbocycles. The Bertz CT molecular complexity index is 1080. The summed E-state index contributed by atoms with van der Waals surface area (Å²) >= 11 is 0. The van der Waals surface area contributed by atoms with Crippen LogP contribution in [-0.2, 0) is 29.1 Å². The highest BCUT2D eigenvalue weighted by Crippen LogP contribution is 2.30. The maximum absolute atomic E-state index is 12.9. The molecule has 3 aliphatic heterocycles. The van der Waals surface area contributed by atoms with Gasteiger partial charge in [-0.25, -0.2) is 9.97 Å². The third kappa shape index (κ3) is 4.39. The summed E-state index contributed by atoms with van der Waals surface area (Å²) in [7, 11) is 0. The van der Waals surface area contributed by atoms with Gasteiger partial charge in [-0.2, -0.15) is 0 Å². The first-order valence-corrected chi connectivity index (χ1v) is 11.8. The minimum atomic E-state index is -0.571. The third-order valence-electron chi connectivity index (χ3n) is 7.08. The fourth-order valence-electron chi connectivity index (χ4n) is 5.09. The first kappa shape index (κ1) is 21.7. The number of piperidine rings is 2. The SMILES string of the molecule is CCc1cnc(C2CCN(Cc3ccc4c(c3)CN(C3CCC(=O)NC3=O)C4=O)CC2)nc1. The molecular weight excluding hydrogens is 418 g/mol. The van der Waals surface area contributed by atoms with E-state index in [2.05, 4.69) is 33.2 Å². The Kier molecular flexibility index (Phi) is 5.93. The molecule has 8 nitrogen and oxygen atoms in total. The van der Waals surface area contributed by atoms with Gasteiger partial charge < -0.3 is 4.90 Å². The van der Waals surface area contributed by atoms with Gasteiger partial charge in [0.1, 0.15) is 11.9 Å². The van der Waals surface area contributed by atoms with Crippen LogP contribution < -0.4 is 5.32 Å². The number of carbonyl (C=O) groups excluding carboxylic acids is 3. The van der Waals surface area contributed by atoms with Gasteiger partial charge in [0.05, 0.1) is 0 Å². The lowest BCUT2D eigenvalue weighted by atomic mass is 9.95. The van der Waals surface area contributed by atoms with E-state index in [-0.39, 0.29) is 24.1 Å². The second kappa shape index (κ2) is 9.02. The highest BCUT2D eigenvalue weighted by molar-refractivity contribution is 6.05. The van der Waals surface area contributed by atoms with Crippen LogP contribution in [0.15, 0.2) is 30.6 Å². The lowest BCUT2D eigenvalue weighted by molar-refractivity contribution is -0.136. The number of aryl methyl sites for hydroxylation is 1. The number of aromatic nitrogens is 2. The van der Waals surface area contributed by atoms with Gasteiger partial charge in [-0.3, -0.25) is 24.6 Å². The summed E-state index contributed by atoms with van der Waals surface area (Å²) in [4.78, 5) is 49.7. The first-order chi connectivity index (χ1) is 16.0. The number of likely N-dealkylation sites (tertiary alicyclic amines) is 1. The molecule has 33 heavy (non-hydrogen) atoms. The summed E-state index contributed by atoms with van der Waals surface area (Å²) in [6.07, 6.45) is 7.58. The molecule has 5 rings (SSSR count). The maximum atomic E-state index is 12.9. The van der Waals surface area contributed by atoms with Gasteiger partial charge in [-0.05, 0) is 61.5 Å². The molecule has 1 atom stereocenters. The molecule has 1 aromatic heterocycles. The third-order valence-corrected chi connectivity index (χ3v) is 7.08. The zero-order valence-corrected chi connectivity index (χ0v) is 18.9. The largest absolute Gasteiger partial charge is 0.322 e. The molecule has 0 radical (unpaired) electrons.